The lowest BCUT2D eigenvalue weighted by molar-refractivity contribution is 0.607. The summed E-state index contributed by atoms with van der Waals surface area (Å²) in [6.07, 6.45) is 2.74. The monoisotopic (exact) mass is 323 g/mol. The van der Waals surface area contributed by atoms with Crippen molar-refractivity contribution in [3.63, 3.8) is 0 Å². The first-order chi connectivity index (χ1) is 11.5. The molecule has 3 rings (SSSR count). The number of rotatable bonds is 5. The Kier molecular flexibility index (Phi) is 4.51. The average molecular weight is 323 g/mol. The maximum Gasteiger partial charge on any atom is 0.137 e. The Morgan fingerprint density at radius 1 is 1.17 bits per heavy atom. The zero-order chi connectivity index (χ0) is 17.3. The molecule has 0 spiro atoms. The first-order valence-electron chi connectivity index (χ1n) is 8.46. The van der Waals surface area contributed by atoms with Gasteiger partial charge in [0.1, 0.15) is 12.1 Å². The molecule has 1 aromatic carbocycles. The molecule has 2 aromatic heterocycles. The van der Waals surface area contributed by atoms with Crippen molar-refractivity contribution >= 4 is 16.7 Å². The van der Waals surface area contributed by atoms with Crippen molar-refractivity contribution in [2.45, 2.75) is 34.1 Å². The molecule has 0 aliphatic rings. The standard InChI is InChI=1S/C19H25N5/c1-12(2)8-9-20-19-16-10-15(6-7-17(16)21-11-22-19)18-13(3)23-24(5)14(18)4/h6-7,10-12H,8-9H2,1-5H3,(H,20,21,22). The first-order valence-corrected chi connectivity index (χ1v) is 8.46. The Bertz CT molecular complexity index is 864. The van der Waals surface area contributed by atoms with Gasteiger partial charge in [-0.3, -0.25) is 4.68 Å². The smallest absolute Gasteiger partial charge is 0.137 e. The molecule has 5 nitrogen and oxygen atoms in total. The Balaban J connectivity index is 2.03. The van der Waals surface area contributed by atoms with Crippen molar-refractivity contribution in [1.29, 1.82) is 0 Å². The number of anilines is 1. The number of nitrogens with one attached hydrogen (secondary N) is 1. The van der Waals surface area contributed by atoms with Crippen LogP contribution in [0.5, 0.6) is 0 Å². The largest absolute Gasteiger partial charge is 0.369 e. The number of aromatic nitrogens is 4. The predicted molar refractivity (Wildman–Crippen MR) is 99.2 cm³/mol. The van der Waals surface area contributed by atoms with E-state index in [1.165, 1.54) is 5.56 Å². The Hall–Kier alpha value is -2.43. The van der Waals surface area contributed by atoms with Gasteiger partial charge in [-0.05, 0) is 43.9 Å². The van der Waals surface area contributed by atoms with E-state index in [0.29, 0.717) is 5.92 Å². The van der Waals surface area contributed by atoms with Gasteiger partial charge in [-0.25, -0.2) is 9.97 Å². The molecule has 0 fully saturated rings. The van der Waals surface area contributed by atoms with E-state index in [1.807, 2.05) is 11.7 Å². The molecule has 0 bridgehead atoms. The molecule has 1 N–H and O–H groups in total. The van der Waals surface area contributed by atoms with E-state index in [0.717, 1.165) is 46.6 Å². The predicted octanol–water partition coefficient (Wildman–Crippen LogP) is 4.11. The van der Waals surface area contributed by atoms with Gasteiger partial charge >= 0.3 is 0 Å². The van der Waals surface area contributed by atoms with Gasteiger partial charge in [0.05, 0.1) is 11.2 Å². The molecule has 2 heterocycles. The summed E-state index contributed by atoms with van der Waals surface area (Å²) >= 11 is 0. The van der Waals surface area contributed by atoms with E-state index in [9.17, 15) is 0 Å². The fourth-order valence-electron chi connectivity index (χ4n) is 3.02. The summed E-state index contributed by atoms with van der Waals surface area (Å²) in [6, 6.07) is 6.35. The van der Waals surface area contributed by atoms with Crippen LogP contribution in [0.1, 0.15) is 31.7 Å². The highest BCUT2D eigenvalue weighted by Gasteiger charge is 2.13. The lowest BCUT2D eigenvalue weighted by atomic mass is 10.0. The van der Waals surface area contributed by atoms with Crippen molar-refractivity contribution in [1.82, 2.24) is 19.7 Å². The molecule has 24 heavy (non-hydrogen) atoms. The third kappa shape index (κ3) is 3.11. The van der Waals surface area contributed by atoms with Crippen molar-refractivity contribution < 1.29 is 0 Å². The van der Waals surface area contributed by atoms with Crippen LogP contribution in [0.25, 0.3) is 22.0 Å². The van der Waals surface area contributed by atoms with Gasteiger partial charge in [0.2, 0.25) is 0 Å². The summed E-state index contributed by atoms with van der Waals surface area (Å²) < 4.78 is 1.93. The van der Waals surface area contributed by atoms with Crippen molar-refractivity contribution in [2.75, 3.05) is 11.9 Å². The van der Waals surface area contributed by atoms with Crippen molar-refractivity contribution in [3.8, 4) is 11.1 Å². The van der Waals surface area contributed by atoms with Gasteiger partial charge in [-0.15, -0.1) is 0 Å². The molecular formula is C19H25N5. The molecule has 3 aromatic rings. The van der Waals surface area contributed by atoms with Gasteiger partial charge in [0.25, 0.3) is 0 Å². The van der Waals surface area contributed by atoms with Crippen LogP contribution >= 0.6 is 0 Å². The summed E-state index contributed by atoms with van der Waals surface area (Å²) in [5.74, 6) is 1.57. The van der Waals surface area contributed by atoms with Crippen molar-refractivity contribution in [2.24, 2.45) is 13.0 Å². The molecule has 5 heteroatoms. The molecule has 0 amide bonds. The molecule has 0 aliphatic carbocycles. The van der Waals surface area contributed by atoms with E-state index in [1.54, 1.807) is 6.33 Å². The third-order valence-corrected chi connectivity index (χ3v) is 4.45. The van der Waals surface area contributed by atoms with Gasteiger partial charge in [-0.2, -0.15) is 5.10 Å². The van der Waals surface area contributed by atoms with Gasteiger partial charge < -0.3 is 5.32 Å². The van der Waals surface area contributed by atoms with Crippen LogP contribution in [0.3, 0.4) is 0 Å². The Morgan fingerprint density at radius 2 is 1.96 bits per heavy atom. The summed E-state index contributed by atoms with van der Waals surface area (Å²) in [6.45, 7) is 9.52. The second-order valence-electron chi connectivity index (χ2n) is 6.73. The fraction of sp³-hybridized carbons (Fsp3) is 0.421. The fourth-order valence-corrected chi connectivity index (χ4v) is 3.02. The van der Waals surface area contributed by atoms with E-state index in [4.69, 9.17) is 0 Å². The molecule has 0 saturated heterocycles. The highest BCUT2D eigenvalue weighted by Crippen LogP contribution is 2.30. The molecular weight excluding hydrogens is 298 g/mol. The zero-order valence-corrected chi connectivity index (χ0v) is 15.1. The van der Waals surface area contributed by atoms with Crippen molar-refractivity contribution in [3.05, 3.63) is 35.9 Å². The van der Waals surface area contributed by atoms with Gasteiger partial charge in [0.15, 0.2) is 0 Å². The summed E-state index contributed by atoms with van der Waals surface area (Å²) in [5, 5.41) is 9.05. The second kappa shape index (κ2) is 6.59. The van der Waals surface area contributed by atoms with Crippen LogP contribution in [0.2, 0.25) is 0 Å². The average Bonchev–Trinajstić information content (AvgIpc) is 2.79. The Labute approximate surface area is 143 Å². The van der Waals surface area contributed by atoms with E-state index in [2.05, 4.69) is 66.3 Å². The highest BCUT2D eigenvalue weighted by atomic mass is 15.3. The van der Waals surface area contributed by atoms with E-state index in [-0.39, 0.29) is 0 Å². The summed E-state index contributed by atoms with van der Waals surface area (Å²) in [4.78, 5) is 8.84. The molecule has 0 saturated carbocycles. The van der Waals surface area contributed by atoms with E-state index >= 15 is 0 Å². The van der Waals surface area contributed by atoms with Gasteiger partial charge in [-0.1, -0.05) is 19.9 Å². The topological polar surface area (TPSA) is 55.6 Å². The van der Waals surface area contributed by atoms with Crippen LogP contribution in [0.4, 0.5) is 5.82 Å². The van der Waals surface area contributed by atoms with Crippen LogP contribution in [0, 0.1) is 19.8 Å². The molecule has 0 aliphatic heterocycles. The maximum absolute atomic E-state index is 4.53. The number of fused-ring (bicyclic) bond motifs is 1. The minimum atomic E-state index is 0.668. The lowest BCUT2D eigenvalue weighted by Gasteiger charge is -2.11. The quantitative estimate of drug-likeness (QED) is 0.768. The van der Waals surface area contributed by atoms with E-state index < -0.39 is 0 Å². The maximum atomic E-state index is 4.53. The SMILES string of the molecule is Cc1nn(C)c(C)c1-c1ccc2ncnc(NCCC(C)C)c2c1. The third-order valence-electron chi connectivity index (χ3n) is 4.45. The molecule has 0 unspecified atom stereocenters. The lowest BCUT2D eigenvalue weighted by Crippen LogP contribution is -2.06. The first kappa shape index (κ1) is 16.4. The minimum Gasteiger partial charge on any atom is -0.369 e. The summed E-state index contributed by atoms with van der Waals surface area (Å²) in [5.41, 5.74) is 5.52. The van der Waals surface area contributed by atoms with Gasteiger partial charge in [0, 0.05) is 30.2 Å². The number of hydrogen-bond donors (Lipinski definition) is 1. The van der Waals surface area contributed by atoms with Crippen LogP contribution < -0.4 is 5.32 Å². The number of aryl methyl sites for hydroxylation is 2. The molecule has 0 radical (unpaired) electrons. The van der Waals surface area contributed by atoms with Crippen LogP contribution in [-0.2, 0) is 7.05 Å². The number of benzene rings is 1. The summed E-state index contributed by atoms with van der Waals surface area (Å²) in [7, 11) is 1.98. The number of hydrogen-bond acceptors (Lipinski definition) is 4. The normalized spacial score (nSPS) is 11.4. The molecule has 0 atom stereocenters. The minimum absolute atomic E-state index is 0.668. The molecule has 126 valence electrons. The number of nitrogens with zero attached hydrogens (tertiary/aromatic N) is 4. The zero-order valence-electron chi connectivity index (χ0n) is 15.1. The highest BCUT2D eigenvalue weighted by molar-refractivity contribution is 5.92. The Morgan fingerprint density at radius 3 is 2.62 bits per heavy atom. The van der Waals surface area contributed by atoms with Crippen LogP contribution in [0.15, 0.2) is 24.5 Å². The van der Waals surface area contributed by atoms with Crippen LogP contribution in [-0.4, -0.2) is 26.3 Å². The second-order valence-corrected chi connectivity index (χ2v) is 6.73.